The van der Waals surface area contributed by atoms with Gasteiger partial charge in [0.05, 0.1) is 23.8 Å². The van der Waals surface area contributed by atoms with E-state index in [-0.39, 0.29) is 35.8 Å². The zero-order valence-corrected chi connectivity index (χ0v) is 22.6. The summed E-state index contributed by atoms with van der Waals surface area (Å²) in [5.74, 6) is -7.07. The number of nitrogens with zero attached hydrogens (tertiary/aromatic N) is 2. The van der Waals surface area contributed by atoms with Gasteiger partial charge in [0, 0.05) is 17.9 Å². The molecular formula is C29H21Cl2FN2O7. The van der Waals surface area contributed by atoms with Crippen molar-refractivity contribution < 1.29 is 38.6 Å². The molecule has 0 radical (unpaired) electrons. The number of phenolic OH excluding ortho intramolecular Hbond substituents is 1. The van der Waals surface area contributed by atoms with Crippen molar-refractivity contribution in [1.82, 2.24) is 5.06 Å². The van der Waals surface area contributed by atoms with Crippen LogP contribution in [0.1, 0.15) is 18.4 Å². The molecule has 4 amide bonds. The molecule has 0 bridgehead atoms. The van der Waals surface area contributed by atoms with E-state index in [1.54, 1.807) is 12.1 Å². The number of anilines is 1. The number of hydroxylamine groups is 2. The molecule has 5 aliphatic rings. The third kappa shape index (κ3) is 3.32. The lowest BCUT2D eigenvalue weighted by atomic mass is 9.56. The molecule has 2 N–H and O–H groups in total. The van der Waals surface area contributed by atoms with E-state index < -0.39 is 62.9 Å². The van der Waals surface area contributed by atoms with Crippen molar-refractivity contribution in [3.8, 4) is 11.5 Å². The van der Waals surface area contributed by atoms with Gasteiger partial charge >= 0.3 is 0 Å². The summed E-state index contributed by atoms with van der Waals surface area (Å²) in [6, 6.07) is 9.31. The molecule has 210 valence electrons. The summed E-state index contributed by atoms with van der Waals surface area (Å²) in [6.45, 7) is 0. The Morgan fingerprint density at radius 1 is 0.976 bits per heavy atom. The standard InChI is InChI=1S/C29H21Cl2FN2O7/c30-28-11-20-18(6-7-19-22(20)25(37)34(40)24(19)36)23(14-9-13-10-17(35)5-8-21(13)41-12-14)29(28,31)27(39)33(26(28)38)16-3-1-15(32)2-4-16/h1-6,8,10,12,19-20,22-23,35,40H,7,9,11H2. The maximum absolute atomic E-state index is 14.3. The lowest BCUT2D eigenvalue weighted by Gasteiger charge is -2.51. The SMILES string of the molecule is O=C1C2CC=C3C(CC4(Cl)C(=O)N(c5ccc(F)cc5)C(=O)C4(Cl)C3C3=COc4ccc(O)cc4C3)C2C(=O)N1O. The summed E-state index contributed by atoms with van der Waals surface area (Å²) in [5, 5.41) is 20.4. The first-order chi connectivity index (χ1) is 19.5. The zero-order chi connectivity index (χ0) is 29.0. The van der Waals surface area contributed by atoms with E-state index in [4.69, 9.17) is 27.9 Å². The predicted octanol–water partition coefficient (Wildman–Crippen LogP) is 3.84. The van der Waals surface area contributed by atoms with E-state index in [0.717, 1.165) is 17.0 Å². The number of hydrogen-bond acceptors (Lipinski definition) is 7. The van der Waals surface area contributed by atoms with Gasteiger partial charge in [0.25, 0.3) is 23.6 Å². The quantitative estimate of drug-likeness (QED) is 0.233. The number of allylic oxidation sites excluding steroid dienone is 3. The van der Waals surface area contributed by atoms with Crippen LogP contribution in [0.25, 0.3) is 0 Å². The van der Waals surface area contributed by atoms with Crippen LogP contribution in [0.15, 0.2) is 65.9 Å². The Bertz CT molecular complexity index is 1640. The molecule has 3 heterocycles. The number of rotatable bonds is 2. The number of benzene rings is 2. The minimum Gasteiger partial charge on any atom is -0.508 e. The highest BCUT2D eigenvalue weighted by Gasteiger charge is 2.77. The van der Waals surface area contributed by atoms with Gasteiger partial charge in [0.15, 0.2) is 9.75 Å². The Morgan fingerprint density at radius 2 is 1.71 bits per heavy atom. The van der Waals surface area contributed by atoms with Crippen LogP contribution in [0, 0.1) is 29.5 Å². The summed E-state index contributed by atoms with van der Waals surface area (Å²) in [4.78, 5) is 50.8. The number of carbonyl (C=O) groups excluding carboxylic acids is 4. The second kappa shape index (κ2) is 8.64. The van der Waals surface area contributed by atoms with Gasteiger partial charge in [0.2, 0.25) is 0 Å². The molecule has 9 nitrogen and oxygen atoms in total. The van der Waals surface area contributed by atoms with Crippen LogP contribution in [0.3, 0.4) is 0 Å². The molecule has 6 unspecified atom stereocenters. The van der Waals surface area contributed by atoms with Crippen molar-refractivity contribution in [2.45, 2.75) is 29.0 Å². The Balaban J connectivity index is 1.41. The Kier molecular flexibility index (Phi) is 5.52. The number of hydrogen-bond donors (Lipinski definition) is 2. The van der Waals surface area contributed by atoms with Crippen molar-refractivity contribution in [1.29, 1.82) is 0 Å². The second-order valence-electron chi connectivity index (χ2n) is 11.0. The number of fused-ring (bicyclic) bond motifs is 5. The number of halogens is 3. The van der Waals surface area contributed by atoms with E-state index in [2.05, 4.69) is 0 Å². The van der Waals surface area contributed by atoms with Gasteiger partial charge in [-0.05, 0) is 66.8 Å². The maximum Gasteiger partial charge on any atom is 0.258 e. The number of aromatic hydroxyl groups is 1. The van der Waals surface area contributed by atoms with Gasteiger partial charge in [-0.2, -0.15) is 5.06 Å². The van der Waals surface area contributed by atoms with Gasteiger partial charge < -0.3 is 9.84 Å². The van der Waals surface area contributed by atoms with E-state index in [1.165, 1.54) is 30.5 Å². The van der Waals surface area contributed by atoms with E-state index in [9.17, 15) is 33.9 Å². The molecule has 2 aliphatic carbocycles. The van der Waals surface area contributed by atoms with Gasteiger partial charge in [-0.1, -0.05) is 11.6 Å². The van der Waals surface area contributed by atoms with E-state index in [1.807, 2.05) is 0 Å². The van der Waals surface area contributed by atoms with Crippen LogP contribution < -0.4 is 9.64 Å². The average molecular weight is 599 g/mol. The summed E-state index contributed by atoms with van der Waals surface area (Å²) < 4.78 is 19.6. The summed E-state index contributed by atoms with van der Waals surface area (Å²) in [6.07, 6.45) is 3.18. The van der Waals surface area contributed by atoms with Crippen LogP contribution in [0.4, 0.5) is 10.1 Å². The first kappa shape index (κ1) is 26.2. The molecule has 41 heavy (non-hydrogen) atoms. The minimum atomic E-state index is -2.09. The number of carbonyl (C=O) groups is 4. The fraction of sp³-hybridized carbons (Fsp3) is 0.310. The van der Waals surface area contributed by atoms with Gasteiger partial charge in [-0.3, -0.25) is 24.4 Å². The molecule has 0 aromatic heterocycles. The maximum atomic E-state index is 14.3. The molecule has 3 fully saturated rings. The summed E-state index contributed by atoms with van der Waals surface area (Å²) in [7, 11) is 0. The van der Waals surface area contributed by atoms with Crippen molar-refractivity contribution in [3.05, 3.63) is 77.3 Å². The number of ether oxygens (including phenoxy) is 1. The normalized spacial score (nSPS) is 34.0. The lowest BCUT2D eigenvalue weighted by molar-refractivity contribution is -0.173. The topological polar surface area (TPSA) is 124 Å². The molecule has 7 rings (SSSR count). The van der Waals surface area contributed by atoms with Gasteiger partial charge in [-0.25, -0.2) is 9.29 Å². The summed E-state index contributed by atoms with van der Waals surface area (Å²) in [5.41, 5.74) is 1.68. The molecular weight excluding hydrogens is 578 g/mol. The van der Waals surface area contributed by atoms with Gasteiger partial charge in [-0.15, -0.1) is 23.2 Å². The molecule has 2 aromatic rings. The van der Waals surface area contributed by atoms with Crippen molar-refractivity contribution >= 4 is 52.5 Å². The highest BCUT2D eigenvalue weighted by Crippen LogP contribution is 2.65. The Labute approximate surface area is 242 Å². The molecule has 2 saturated heterocycles. The smallest absolute Gasteiger partial charge is 0.258 e. The van der Waals surface area contributed by atoms with E-state index in [0.29, 0.717) is 22.5 Å². The highest BCUT2D eigenvalue weighted by molar-refractivity contribution is 6.58. The fourth-order valence-electron chi connectivity index (χ4n) is 7.19. The lowest BCUT2D eigenvalue weighted by Crippen LogP contribution is -2.61. The van der Waals surface area contributed by atoms with Crippen LogP contribution in [-0.4, -0.2) is 48.8 Å². The number of alkyl halides is 2. The molecule has 0 spiro atoms. The monoisotopic (exact) mass is 598 g/mol. The molecule has 1 saturated carbocycles. The van der Waals surface area contributed by atoms with Crippen LogP contribution >= 0.6 is 23.2 Å². The van der Waals surface area contributed by atoms with E-state index >= 15 is 0 Å². The largest absolute Gasteiger partial charge is 0.508 e. The Morgan fingerprint density at radius 3 is 2.44 bits per heavy atom. The zero-order valence-electron chi connectivity index (χ0n) is 21.1. The number of imide groups is 2. The highest BCUT2D eigenvalue weighted by atomic mass is 35.5. The van der Waals surface area contributed by atoms with Crippen molar-refractivity contribution in [2.75, 3.05) is 4.90 Å². The number of phenols is 1. The first-order valence-electron chi connectivity index (χ1n) is 12.9. The second-order valence-corrected chi connectivity index (χ2v) is 12.3. The minimum absolute atomic E-state index is 0.00479. The fourth-order valence-corrected chi connectivity index (χ4v) is 8.14. The number of amides is 4. The third-order valence-electron chi connectivity index (χ3n) is 9.02. The molecule has 12 heteroatoms. The molecule has 6 atom stereocenters. The van der Waals surface area contributed by atoms with Crippen LogP contribution in [0.2, 0.25) is 0 Å². The average Bonchev–Trinajstić information content (AvgIpc) is 3.26. The first-order valence-corrected chi connectivity index (χ1v) is 13.7. The van der Waals surface area contributed by atoms with Crippen LogP contribution in [-0.2, 0) is 25.6 Å². The van der Waals surface area contributed by atoms with Crippen molar-refractivity contribution in [3.63, 3.8) is 0 Å². The summed E-state index contributed by atoms with van der Waals surface area (Å²) >= 11 is 14.5. The van der Waals surface area contributed by atoms with Gasteiger partial charge in [0.1, 0.15) is 17.3 Å². The third-order valence-corrected chi connectivity index (χ3v) is 10.4. The Hall–Kier alpha value is -3.73. The molecule has 3 aliphatic heterocycles. The van der Waals surface area contributed by atoms with Crippen molar-refractivity contribution in [2.24, 2.45) is 23.7 Å². The predicted molar refractivity (Wildman–Crippen MR) is 141 cm³/mol. The van der Waals surface area contributed by atoms with Crippen LogP contribution in [0.5, 0.6) is 11.5 Å². The molecule has 2 aromatic carbocycles.